The summed E-state index contributed by atoms with van der Waals surface area (Å²) in [6, 6.07) is 11.0. The average Bonchev–Trinajstić information content (AvgIpc) is 2.90. The summed E-state index contributed by atoms with van der Waals surface area (Å²) in [5.74, 6) is 0.400. The first kappa shape index (κ1) is 18.6. The van der Waals surface area contributed by atoms with E-state index in [1.807, 2.05) is 38.1 Å². The molecule has 7 heteroatoms. The Labute approximate surface area is 156 Å². The number of aliphatic hydroxyl groups excluding tert-OH is 1. The Morgan fingerprint density at radius 3 is 2.58 bits per heavy atom. The third-order valence-corrected chi connectivity index (χ3v) is 4.14. The molecule has 0 saturated heterocycles. The van der Waals surface area contributed by atoms with Crippen LogP contribution in [-0.2, 0) is 11.3 Å². The smallest absolute Gasteiger partial charge is 0.349 e. The van der Waals surface area contributed by atoms with Gasteiger partial charge in [0.2, 0.25) is 0 Å². The lowest BCUT2D eigenvalue weighted by Crippen LogP contribution is -2.29. The molecule has 2 heterocycles. The predicted octanol–water partition coefficient (Wildman–Crippen LogP) is 2.85. The van der Waals surface area contributed by atoms with Crippen molar-refractivity contribution in [3.63, 3.8) is 0 Å². The van der Waals surface area contributed by atoms with Gasteiger partial charge in [0.15, 0.2) is 0 Å². The zero-order chi connectivity index (χ0) is 18.7. The number of fused-ring (bicyclic) bond motifs is 1. The predicted molar refractivity (Wildman–Crippen MR) is 102 cm³/mol. The minimum Gasteiger partial charge on any atom is -0.389 e. The van der Waals surface area contributed by atoms with E-state index in [0.29, 0.717) is 28.8 Å². The van der Waals surface area contributed by atoms with Crippen molar-refractivity contribution >= 4 is 17.1 Å². The van der Waals surface area contributed by atoms with Crippen LogP contribution in [0.3, 0.4) is 0 Å². The molecule has 3 aromatic rings. The van der Waals surface area contributed by atoms with Gasteiger partial charge in [-0.2, -0.15) is 9.61 Å². The summed E-state index contributed by atoms with van der Waals surface area (Å²) >= 11 is 5.91. The molecule has 0 aliphatic rings. The number of halogens is 1. The summed E-state index contributed by atoms with van der Waals surface area (Å²) in [6.07, 6.45) is 0.937. The summed E-state index contributed by atoms with van der Waals surface area (Å²) in [5, 5.41) is 15.2. The van der Waals surface area contributed by atoms with Crippen molar-refractivity contribution in [1.29, 1.82) is 0 Å². The van der Waals surface area contributed by atoms with Gasteiger partial charge in [-0.25, -0.2) is 4.79 Å². The van der Waals surface area contributed by atoms with Crippen molar-refractivity contribution in [2.24, 2.45) is 5.92 Å². The molecule has 138 valence electrons. The highest BCUT2D eigenvalue weighted by atomic mass is 35.5. The Balaban J connectivity index is 1.80. The van der Waals surface area contributed by atoms with Crippen molar-refractivity contribution in [1.82, 2.24) is 14.2 Å². The van der Waals surface area contributed by atoms with Crippen LogP contribution < -0.4 is 5.69 Å². The van der Waals surface area contributed by atoms with Gasteiger partial charge in [0.25, 0.3) is 0 Å². The molecule has 0 saturated carbocycles. The molecule has 0 fully saturated rings. The fraction of sp³-hybridized carbons (Fsp3) is 0.368. The number of benzene rings is 1. The van der Waals surface area contributed by atoms with Crippen LogP contribution in [-0.4, -0.2) is 38.6 Å². The molecule has 6 nitrogen and oxygen atoms in total. The van der Waals surface area contributed by atoms with Crippen molar-refractivity contribution < 1.29 is 9.84 Å². The molecule has 2 aromatic heterocycles. The van der Waals surface area contributed by atoms with Gasteiger partial charge in [-0.15, -0.1) is 0 Å². The Morgan fingerprint density at radius 1 is 1.15 bits per heavy atom. The maximum absolute atomic E-state index is 12.6. The molecule has 0 bridgehead atoms. The summed E-state index contributed by atoms with van der Waals surface area (Å²) in [7, 11) is 0. The van der Waals surface area contributed by atoms with Crippen molar-refractivity contribution in [3.05, 3.63) is 58.1 Å². The Morgan fingerprint density at radius 2 is 1.88 bits per heavy atom. The van der Waals surface area contributed by atoms with Gasteiger partial charge in [0.05, 0.1) is 30.5 Å². The second-order valence-corrected chi connectivity index (χ2v) is 7.15. The van der Waals surface area contributed by atoms with Crippen LogP contribution in [0.4, 0.5) is 0 Å². The summed E-state index contributed by atoms with van der Waals surface area (Å²) in [5.41, 5.74) is 1.93. The van der Waals surface area contributed by atoms with E-state index in [2.05, 4.69) is 5.10 Å². The normalized spacial score (nSPS) is 12.8. The molecular weight excluding hydrogens is 354 g/mol. The number of hydrogen-bond donors (Lipinski definition) is 1. The van der Waals surface area contributed by atoms with E-state index in [4.69, 9.17) is 16.3 Å². The van der Waals surface area contributed by atoms with Gasteiger partial charge in [0, 0.05) is 23.4 Å². The lowest BCUT2D eigenvalue weighted by atomic mass is 10.1. The Hall–Kier alpha value is -2.15. The van der Waals surface area contributed by atoms with Crippen LogP contribution in [0.2, 0.25) is 5.02 Å². The third kappa shape index (κ3) is 4.33. The zero-order valence-electron chi connectivity index (χ0n) is 14.8. The molecule has 1 unspecified atom stereocenters. The molecule has 1 aromatic carbocycles. The second-order valence-electron chi connectivity index (χ2n) is 6.71. The van der Waals surface area contributed by atoms with E-state index in [-0.39, 0.29) is 18.8 Å². The fourth-order valence-electron chi connectivity index (χ4n) is 2.65. The maximum atomic E-state index is 12.6. The molecule has 1 N–H and O–H groups in total. The molecular formula is C19H22ClN3O3. The summed E-state index contributed by atoms with van der Waals surface area (Å²) in [6.45, 7) is 5.02. The highest BCUT2D eigenvalue weighted by Crippen LogP contribution is 2.19. The second kappa shape index (κ2) is 8.03. The largest absolute Gasteiger partial charge is 0.389 e. The van der Waals surface area contributed by atoms with Crippen LogP contribution in [0, 0.1) is 5.92 Å². The van der Waals surface area contributed by atoms with Crippen LogP contribution >= 0.6 is 11.6 Å². The van der Waals surface area contributed by atoms with Gasteiger partial charge in [-0.3, -0.25) is 4.57 Å². The zero-order valence-corrected chi connectivity index (χ0v) is 15.6. The highest BCUT2D eigenvalue weighted by Gasteiger charge is 2.12. The number of imidazole rings is 1. The van der Waals surface area contributed by atoms with Gasteiger partial charge >= 0.3 is 5.69 Å². The van der Waals surface area contributed by atoms with Gasteiger partial charge < -0.3 is 9.84 Å². The minimum absolute atomic E-state index is 0.163. The first-order chi connectivity index (χ1) is 12.4. The van der Waals surface area contributed by atoms with Gasteiger partial charge in [-0.05, 0) is 30.2 Å². The summed E-state index contributed by atoms with van der Waals surface area (Å²) < 4.78 is 8.23. The van der Waals surface area contributed by atoms with E-state index in [1.54, 1.807) is 18.3 Å². The first-order valence-corrected chi connectivity index (χ1v) is 8.93. The van der Waals surface area contributed by atoms with Crippen LogP contribution in [0.1, 0.15) is 13.8 Å². The van der Waals surface area contributed by atoms with Gasteiger partial charge in [-0.1, -0.05) is 37.6 Å². The molecule has 0 spiro atoms. The fourth-order valence-corrected chi connectivity index (χ4v) is 2.77. The molecule has 0 amide bonds. The quantitative estimate of drug-likeness (QED) is 0.689. The van der Waals surface area contributed by atoms with E-state index in [0.717, 1.165) is 5.56 Å². The van der Waals surface area contributed by atoms with E-state index in [9.17, 15) is 9.90 Å². The number of hydrogen-bond acceptors (Lipinski definition) is 4. The lowest BCUT2D eigenvalue weighted by molar-refractivity contribution is 0.0176. The standard InChI is InChI=1S/C19H22ClN3O3/c1-13(2)11-26-12-17(24)10-22-9-16-7-8-18(21-23(16)19(22)25)14-3-5-15(20)6-4-14/h3-9,13,17,24H,10-12H2,1-2H3. The maximum Gasteiger partial charge on any atom is 0.349 e. The molecule has 0 radical (unpaired) electrons. The average molecular weight is 376 g/mol. The van der Waals surface area contributed by atoms with Crippen molar-refractivity contribution in [2.75, 3.05) is 13.2 Å². The van der Waals surface area contributed by atoms with E-state index in [1.165, 1.54) is 9.08 Å². The van der Waals surface area contributed by atoms with E-state index >= 15 is 0 Å². The molecule has 3 rings (SSSR count). The lowest BCUT2D eigenvalue weighted by Gasteiger charge is -2.12. The van der Waals surface area contributed by atoms with E-state index < -0.39 is 6.10 Å². The topological polar surface area (TPSA) is 68.8 Å². The number of ether oxygens (including phenoxy) is 1. The third-order valence-electron chi connectivity index (χ3n) is 3.89. The number of nitrogens with zero attached hydrogens (tertiary/aromatic N) is 3. The number of aromatic nitrogens is 3. The summed E-state index contributed by atoms with van der Waals surface area (Å²) in [4.78, 5) is 12.6. The minimum atomic E-state index is -0.750. The van der Waals surface area contributed by atoms with Crippen LogP contribution in [0.5, 0.6) is 0 Å². The first-order valence-electron chi connectivity index (χ1n) is 8.55. The van der Waals surface area contributed by atoms with Gasteiger partial charge in [0.1, 0.15) is 0 Å². The molecule has 1 atom stereocenters. The SMILES string of the molecule is CC(C)COCC(O)Cn1cc2ccc(-c3ccc(Cl)cc3)nn2c1=O. The Bertz CT molecular complexity index is 931. The van der Waals surface area contributed by atoms with Crippen molar-refractivity contribution in [3.8, 4) is 11.3 Å². The molecule has 0 aliphatic carbocycles. The molecule has 26 heavy (non-hydrogen) atoms. The number of aliphatic hydroxyl groups is 1. The Kier molecular flexibility index (Phi) is 5.76. The monoisotopic (exact) mass is 375 g/mol. The van der Waals surface area contributed by atoms with Crippen LogP contribution in [0.25, 0.3) is 16.8 Å². The van der Waals surface area contributed by atoms with Crippen molar-refractivity contribution in [2.45, 2.75) is 26.5 Å². The van der Waals surface area contributed by atoms with Crippen LogP contribution in [0.15, 0.2) is 47.4 Å². The number of rotatable bonds is 7. The molecule has 0 aliphatic heterocycles. The highest BCUT2D eigenvalue weighted by molar-refractivity contribution is 6.30.